The van der Waals surface area contributed by atoms with Crippen LogP contribution in [0.5, 0.6) is 0 Å². The summed E-state index contributed by atoms with van der Waals surface area (Å²) in [5.74, 6) is -0.147. The van der Waals surface area contributed by atoms with Crippen molar-refractivity contribution >= 4 is 5.69 Å². The van der Waals surface area contributed by atoms with Crippen LogP contribution in [0.15, 0.2) is 42.5 Å². The summed E-state index contributed by atoms with van der Waals surface area (Å²) in [6, 6.07) is 13.6. The van der Waals surface area contributed by atoms with Gasteiger partial charge in [0.25, 0.3) is 0 Å². The number of nitrogens with zero attached hydrogens (tertiary/aromatic N) is 1. The Kier molecular flexibility index (Phi) is 4.74. The van der Waals surface area contributed by atoms with Gasteiger partial charge in [0.05, 0.1) is 0 Å². The van der Waals surface area contributed by atoms with E-state index in [2.05, 4.69) is 22.3 Å². The molecule has 0 aliphatic rings. The van der Waals surface area contributed by atoms with E-state index in [4.69, 9.17) is 0 Å². The molecule has 0 spiro atoms. The van der Waals surface area contributed by atoms with Crippen LogP contribution in [0.2, 0.25) is 0 Å². The lowest BCUT2D eigenvalue weighted by atomic mass is 10.1. The van der Waals surface area contributed by atoms with E-state index in [1.54, 1.807) is 13.0 Å². The first-order valence-electron chi connectivity index (χ1n) is 6.78. The lowest BCUT2D eigenvalue weighted by molar-refractivity contribution is 0.403. The van der Waals surface area contributed by atoms with Crippen molar-refractivity contribution in [2.24, 2.45) is 0 Å². The van der Waals surface area contributed by atoms with Crippen molar-refractivity contribution < 1.29 is 4.39 Å². The number of nitrogens with one attached hydrogen (secondary N) is 1. The average molecular weight is 272 g/mol. The van der Waals surface area contributed by atoms with Crippen molar-refractivity contribution in [1.82, 2.24) is 4.90 Å². The lowest BCUT2D eigenvalue weighted by Crippen LogP contribution is -2.12. The molecule has 0 unspecified atom stereocenters. The maximum Gasteiger partial charge on any atom is 0.126 e. The molecular formula is C17H21FN2. The summed E-state index contributed by atoms with van der Waals surface area (Å²) in [4.78, 5) is 2.13. The van der Waals surface area contributed by atoms with Crippen LogP contribution >= 0.6 is 0 Å². The molecular weight excluding hydrogens is 251 g/mol. The molecule has 2 aromatic carbocycles. The van der Waals surface area contributed by atoms with Gasteiger partial charge in [0.1, 0.15) is 5.82 Å². The number of halogens is 1. The first-order chi connectivity index (χ1) is 9.56. The number of aryl methyl sites for hydroxylation is 1. The summed E-state index contributed by atoms with van der Waals surface area (Å²) in [7, 11) is 4.10. The second kappa shape index (κ2) is 6.53. The third-order valence-electron chi connectivity index (χ3n) is 3.22. The zero-order valence-electron chi connectivity index (χ0n) is 12.3. The van der Waals surface area contributed by atoms with Crippen LogP contribution in [0.3, 0.4) is 0 Å². The molecule has 106 valence electrons. The third-order valence-corrected chi connectivity index (χ3v) is 3.22. The van der Waals surface area contributed by atoms with Gasteiger partial charge in [0, 0.05) is 18.8 Å². The van der Waals surface area contributed by atoms with E-state index in [1.807, 2.05) is 38.4 Å². The van der Waals surface area contributed by atoms with Gasteiger partial charge in [-0.15, -0.1) is 0 Å². The fourth-order valence-electron chi connectivity index (χ4n) is 2.11. The zero-order valence-corrected chi connectivity index (χ0v) is 12.3. The molecule has 0 bridgehead atoms. The van der Waals surface area contributed by atoms with Crippen LogP contribution in [-0.2, 0) is 13.1 Å². The molecule has 0 fully saturated rings. The Morgan fingerprint density at radius 3 is 2.55 bits per heavy atom. The molecule has 0 saturated heterocycles. The Hall–Kier alpha value is -1.87. The average Bonchev–Trinajstić information content (AvgIpc) is 2.41. The van der Waals surface area contributed by atoms with Gasteiger partial charge >= 0.3 is 0 Å². The second-order valence-electron chi connectivity index (χ2n) is 5.33. The molecule has 0 amide bonds. The molecule has 0 saturated carbocycles. The van der Waals surface area contributed by atoms with E-state index in [0.29, 0.717) is 12.1 Å². The smallest absolute Gasteiger partial charge is 0.126 e. The van der Waals surface area contributed by atoms with E-state index < -0.39 is 0 Å². The number of hydrogen-bond donors (Lipinski definition) is 1. The third kappa shape index (κ3) is 3.81. The van der Waals surface area contributed by atoms with Gasteiger partial charge in [0.2, 0.25) is 0 Å². The molecule has 2 nitrogen and oxygen atoms in total. The molecule has 0 aliphatic carbocycles. The molecule has 3 heteroatoms. The summed E-state index contributed by atoms with van der Waals surface area (Å²) >= 11 is 0. The SMILES string of the molecule is Cc1ccc(CNc2ccccc2CN(C)C)cc1F. The highest BCUT2D eigenvalue weighted by molar-refractivity contribution is 5.51. The maximum absolute atomic E-state index is 13.5. The highest BCUT2D eigenvalue weighted by atomic mass is 19.1. The molecule has 0 aliphatic heterocycles. The molecule has 1 N–H and O–H groups in total. The first-order valence-corrected chi connectivity index (χ1v) is 6.78. The predicted octanol–water partition coefficient (Wildman–Crippen LogP) is 3.81. The number of benzene rings is 2. The summed E-state index contributed by atoms with van der Waals surface area (Å²) in [6.45, 7) is 3.28. The molecule has 20 heavy (non-hydrogen) atoms. The van der Waals surface area contributed by atoms with E-state index in [9.17, 15) is 4.39 Å². The quantitative estimate of drug-likeness (QED) is 0.890. The lowest BCUT2D eigenvalue weighted by Gasteiger charge is -2.15. The van der Waals surface area contributed by atoms with Gasteiger partial charge < -0.3 is 10.2 Å². The predicted molar refractivity (Wildman–Crippen MR) is 82.3 cm³/mol. The normalized spacial score (nSPS) is 10.8. The van der Waals surface area contributed by atoms with Crippen molar-refractivity contribution in [2.75, 3.05) is 19.4 Å². The standard InChI is InChI=1S/C17H21FN2/c1-13-8-9-14(10-16(13)18)11-19-17-7-5-4-6-15(17)12-20(2)3/h4-10,19H,11-12H2,1-3H3. The number of rotatable bonds is 5. The molecule has 0 heterocycles. The minimum Gasteiger partial charge on any atom is -0.381 e. The Bertz CT molecular complexity index is 579. The van der Waals surface area contributed by atoms with E-state index >= 15 is 0 Å². The minimum absolute atomic E-state index is 0.147. The molecule has 0 radical (unpaired) electrons. The van der Waals surface area contributed by atoms with Gasteiger partial charge in [-0.3, -0.25) is 0 Å². The zero-order chi connectivity index (χ0) is 14.5. The van der Waals surface area contributed by atoms with Gasteiger partial charge in [-0.05, 0) is 49.8 Å². The van der Waals surface area contributed by atoms with E-state index in [1.165, 1.54) is 5.56 Å². The summed E-state index contributed by atoms with van der Waals surface area (Å²) in [6.07, 6.45) is 0. The van der Waals surface area contributed by atoms with E-state index in [-0.39, 0.29) is 5.82 Å². The Labute approximate surface area is 120 Å². The van der Waals surface area contributed by atoms with Crippen LogP contribution < -0.4 is 5.32 Å². The number of para-hydroxylation sites is 1. The summed E-state index contributed by atoms with van der Waals surface area (Å²) in [5.41, 5.74) is 3.97. The Morgan fingerprint density at radius 2 is 1.85 bits per heavy atom. The van der Waals surface area contributed by atoms with Crippen LogP contribution in [0.25, 0.3) is 0 Å². The molecule has 2 rings (SSSR count). The monoisotopic (exact) mass is 272 g/mol. The molecule has 0 atom stereocenters. The molecule has 2 aromatic rings. The fourth-order valence-corrected chi connectivity index (χ4v) is 2.11. The first kappa shape index (κ1) is 14.5. The van der Waals surface area contributed by atoms with Crippen LogP contribution in [0, 0.1) is 12.7 Å². The number of hydrogen-bond acceptors (Lipinski definition) is 2. The van der Waals surface area contributed by atoms with Crippen molar-refractivity contribution in [3.63, 3.8) is 0 Å². The van der Waals surface area contributed by atoms with Gasteiger partial charge in [-0.25, -0.2) is 4.39 Å². The summed E-state index contributed by atoms with van der Waals surface area (Å²) < 4.78 is 13.5. The second-order valence-corrected chi connectivity index (χ2v) is 5.33. The minimum atomic E-state index is -0.147. The van der Waals surface area contributed by atoms with Crippen molar-refractivity contribution in [2.45, 2.75) is 20.0 Å². The van der Waals surface area contributed by atoms with Crippen molar-refractivity contribution in [1.29, 1.82) is 0 Å². The largest absolute Gasteiger partial charge is 0.381 e. The van der Waals surface area contributed by atoms with Crippen LogP contribution in [0.1, 0.15) is 16.7 Å². The summed E-state index contributed by atoms with van der Waals surface area (Å²) in [5, 5.41) is 3.39. The topological polar surface area (TPSA) is 15.3 Å². The van der Waals surface area contributed by atoms with Crippen LogP contribution in [0.4, 0.5) is 10.1 Å². The van der Waals surface area contributed by atoms with E-state index in [0.717, 1.165) is 17.8 Å². The fraction of sp³-hybridized carbons (Fsp3) is 0.294. The Balaban J connectivity index is 2.08. The highest BCUT2D eigenvalue weighted by Crippen LogP contribution is 2.18. The van der Waals surface area contributed by atoms with Crippen molar-refractivity contribution in [3.8, 4) is 0 Å². The van der Waals surface area contributed by atoms with Gasteiger partial charge in [-0.2, -0.15) is 0 Å². The Morgan fingerprint density at radius 1 is 1.10 bits per heavy atom. The van der Waals surface area contributed by atoms with Crippen LogP contribution in [-0.4, -0.2) is 19.0 Å². The maximum atomic E-state index is 13.5. The van der Waals surface area contributed by atoms with Gasteiger partial charge in [0.15, 0.2) is 0 Å². The van der Waals surface area contributed by atoms with Crippen molar-refractivity contribution in [3.05, 3.63) is 65.0 Å². The highest BCUT2D eigenvalue weighted by Gasteiger charge is 2.04. The van der Waals surface area contributed by atoms with Gasteiger partial charge in [-0.1, -0.05) is 30.3 Å². The number of anilines is 1. The molecule has 0 aromatic heterocycles.